The first-order valence-corrected chi connectivity index (χ1v) is 8.06. The highest BCUT2D eigenvalue weighted by Gasteiger charge is 2.14. The number of hydrogen-bond donors (Lipinski definition) is 2. The average molecular weight is 312 g/mol. The number of halogens is 1. The molecule has 23 heavy (non-hydrogen) atoms. The standard InChI is InChI=1S/C19H21FN2O/c1-13(15-7-6-14-4-2-3-5-16(14)12-15)21-19(23)22-18-10-8-17(20)9-11-18/h6-13H,2-5H2,1H3,(H2,21,22,23). The summed E-state index contributed by atoms with van der Waals surface area (Å²) in [5.41, 5.74) is 4.52. The summed E-state index contributed by atoms with van der Waals surface area (Å²) >= 11 is 0. The molecular formula is C19H21FN2O. The normalized spacial score (nSPS) is 14.7. The molecule has 0 aliphatic heterocycles. The van der Waals surface area contributed by atoms with Crippen molar-refractivity contribution < 1.29 is 9.18 Å². The number of nitrogens with one attached hydrogen (secondary N) is 2. The van der Waals surface area contributed by atoms with Crippen molar-refractivity contribution in [2.45, 2.75) is 38.6 Å². The van der Waals surface area contributed by atoms with Gasteiger partial charge in [0.25, 0.3) is 0 Å². The fourth-order valence-electron chi connectivity index (χ4n) is 3.00. The van der Waals surface area contributed by atoms with Gasteiger partial charge in [-0.1, -0.05) is 18.2 Å². The maximum absolute atomic E-state index is 12.9. The number of rotatable bonds is 3. The Kier molecular flexibility index (Phi) is 4.60. The predicted molar refractivity (Wildman–Crippen MR) is 90.1 cm³/mol. The zero-order valence-corrected chi connectivity index (χ0v) is 13.2. The second-order valence-corrected chi connectivity index (χ2v) is 6.06. The lowest BCUT2D eigenvalue weighted by Crippen LogP contribution is -2.31. The van der Waals surface area contributed by atoms with Crippen LogP contribution in [0.3, 0.4) is 0 Å². The third-order valence-corrected chi connectivity index (χ3v) is 4.32. The number of aryl methyl sites for hydroxylation is 2. The van der Waals surface area contributed by atoms with E-state index in [1.54, 1.807) is 12.1 Å². The van der Waals surface area contributed by atoms with Gasteiger partial charge in [0.05, 0.1) is 6.04 Å². The second-order valence-electron chi connectivity index (χ2n) is 6.06. The van der Waals surface area contributed by atoms with Gasteiger partial charge < -0.3 is 10.6 Å². The lowest BCUT2D eigenvalue weighted by atomic mass is 9.89. The Hall–Kier alpha value is -2.36. The summed E-state index contributed by atoms with van der Waals surface area (Å²) in [5.74, 6) is -0.321. The van der Waals surface area contributed by atoms with Crippen molar-refractivity contribution in [2.75, 3.05) is 5.32 Å². The quantitative estimate of drug-likeness (QED) is 0.855. The van der Waals surface area contributed by atoms with Gasteiger partial charge in [0, 0.05) is 5.69 Å². The van der Waals surface area contributed by atoms with Crippen LogP contribution >= 0.6 is 0 Å². The number of carbonyl (C=O) groups excluding carboxylic acids is 1. The van der Waals surface area contributed by atoms with Crippen LogP contribution in [-0.2, 0) is 12.8 Å². The van der Waals surface area contributed by atoms with Crippen LogP contribution in [0.2, 0.25) is 0 Å². The van der Waals surface area contributed by atoms with Crippen LogP contribution in [0.5, 0.6) is 0 Å². The first-order valence-electron chi connectivity index (χ1n) is 8.06. The van der Waals surface area contributed by atoms with Gasteiger partial charge in [-0.15, -0.1) is 0 Å². The molecule has 1 unspecified atom stereocenters. The predicted octanol–water partition coefficient (Wildman–Crippen LogP) is 4.59. The summed E-state index contributed by atoms with van der Waals surface area (Å²) in [6, 6.07) is 11.8. The Morgan fingerprint density at radius 3 is 2.48 bits per heavy atom. The Labute approximate surface area is 135 Å². The molecule has 1 atom stereocenters. The van der Waals surface area contributed by atoms with E-state index in [0.717, 1.165) is 18.4 Å². The van der Waals surface area contributed by atoms with Gasteiger partial charge in [-0.05, 0) is 73.6 Å². The highest BCUT2D eigenvalue weighted by atomic mass is 19.1. The minimum absolute atomic E-state index is 0.0809. The first kappa shape index (κ1) is 15.5. The molecule has 120 valence electrons. The zero-order chi connectivity index (χ0) is 16.2. The Bertz CT molecular complexity index is 697. The SMILES string of the molecule is CC(NC(=O)Nc1ccc(F)cc1)c1ccc2c(c1)CCCC2. The van der Waals surface area contributed by atoms with E-state index in [9.17, 15) is 9.18 Å². The first-order chi connectivity index (χ1) is 11.1. The summed E-state index contributed by atoms with van der Waals surface area (Å²) in [7, 11) is 0. The maximum atomic E-state index is 12.9. The van der Waals surface area contributed by atoms with E-state index in [2.05, 4.69) is 28.8 Å². The summed E-state index contributed by atoms with van der Waals surface area (Å²) in [6.45, 7) is 1.97. The molecule has 3 rings (SSSR count). The average Bonchev–Trinajstić information content (AvgIpc) is 2.56. The minimum Gasteiger partial charge on any atom is -0.331 e. The number of fused-ring (bicyclic) bond motifs is 1. The van der Waals surface area contributed by atoms with Crippen LogP contribution in [0, 0.1) is 5.82 Å². The molecule has 0 bridgehead atoms. The fourth-order valence-corrected chi connectivity index (χ4v) is 3.00. The lowest BCUT2D eigenvalue weighted by molar-refractivity contribution is 0.249. The van der Waals surface area contributed by atoms with Gasteiger partial charge >= 0.3 is 6.03 Å². The maximum Gasteiger partial charge on any atom is 0.319 e. The van der Waals surface area contributed by atoms with Gasteiger partial charge in [-0.25, -0.2) is 9.18 Å². The third-order valence-electron chi connectivity index (χ3n) is 4.32. The van der Waals surface area contributed by atoms with Crippen molar-refractivity contribution in [3.05, 3.63) is 65.0 Å². The largest absolute Gasteiger partial charge is 0.331 e. The van der Waals surface area contributed by atoms with Crippen molar-refractivity contribution in [3.8, 4) is 0 Å². The van der Waals surface area contributed by atoms with Crippen molar-refractivity contribution in [1.82, 2.24) is 5.32 Å². The smallest absolute Gasteiger partial charge is 0.319 e. The molecule has 2 aromatic carbocycles. The van der Waals surface area contributed by atoms with Crippen molar-refractivity contribution in [1.29, 1.82) is 0 Å². The van der Waals surface area contributed by atoms with E-state index >= 15 is 0 Å². The lowest BCUT2D eigenvalue weighted by Gasteiger charge is -2.20. The van der Waals surface area contributed by atoms with Gasteiger partial charge in [0.1, 0.15) is 5.82 Å². The number of urea groups is 1. The van der Waals surface area contributed by atoms with Crippen LogP contribution < -0.4 is 10.6 Å². The van der Waals surface area contributed by atoms with Crippen LogP contribution in [-0.4, -0.2) is 6.03 Å². The van der Waals surface area contributed by atoms with Gasteiger partial charge in [0.15, 0.2) is 0 Å². The molecule has 0 aromatic heterocycles. The molecule has 1 aliphatic rings. The molecule has 2 N–H and O–H groups in total. The van der Waals surface area contributed by atoms with Crippen molar-refractivity contribution in [3.63, 3.8) is 0 Å². The molecule has 0 fully saturated rings. The molecule has 3 nitrogen and oxygen atoms in total. The topological polar surface area (TPSA) is 41.1 Å². The fraction of sp³-hybridized carbons (Fsp3) is 0.316. The monoisotopic (exact) mass is 312 g/mol. The van der Waals surface area contributed by atoms with E-state index in [1.807, 2.05) is 6.92 Å². The van der Waals surface area contributed by atoms with E-state index in [0.29, 0.717) is 5.69 Å². The molecule has 0 heterocycles. The van der Waals surface area contributed by atoms with Crippen molar-refractivity contribution in [2.24, 2.45) is 0 Å². The second kappa shape index (κ2) is 6.82. The molecule has 0 spiro atoms. The third kappa shape index (κ3) is 3.89. The molecule has 2 aromatic rings. The van der Waals surface area contributed by atoms with Gasteiger partial charge in [0.2, 0.25) is 0 Å². The van der Waals surface area contributed by atoms with E-state index in [-0.39, 0.29) is 17.9 Å². The van der Waals surface area contributed by atoms with Crippen LogP contribution in [0.4, 0.5) is 14.9 Å². The van der Waals surface area contributed by atoms with Crippen LogP contribution in [0.25, 0.3) is 0 Å². The zero-order valence-electron chi connectivity index (χ0n) is 13.2. The molecule has 0 radical (unpaired) electrons. The summed E-state index contributed by atoms with van der Waals surface area (Å²) in [5, 5.41) is 5.64. The molecule has 0 saturated heterocycles. The van der Waals surface area contributed by atoms with E-state index in [4.69, 9.17) is 0 Å². The molecule has 1 aliphatic carbocycles. The van der Waals surface area contributed by atoms with Crippen molar-refractivity contribution >= 4 is 11.7 Å². The Morgan fingerprint density at radius 2 is 1.74 bits per heavy atom. The van der Waals surface area contributed by atoms with Crippen LogP contribution in [0.15, 0.2) is 42.5 Å². The van der Waals surface area contributed by atoms with E-state index < -0.39 is 0 Å². The minimum atomic E-state index is -0.321. The van der Waals surface area contributed by atoms with Gasteiger partial charge in [-0.2, -0.15) is 0 Å². The summed E-state index contributed by atoms with van der Waals surface area (Å²) < 4.78 is 12.9. The highest BCUT2D eigenvalue weighted by molar-refractivity contribution is 5.89. The highest BCUT2D eigenvalue weighted by Crippen LogP contribution is 2.24. The summed E-state index contributed by atoms with van der Waals surface area (Å²) in [6.07, 6.45) is 4.78. The molecule has 0 saturated carbocycles. The number of benzene rings is 2. The van der Waals surface area contributed by atoms with Crippen LogP contribution in [0.1, 0.15) is 42.5 Å². The molecular weight excluding hydrogens is 291 g/mol. The molecule has 2 amide bonds. The number of anilines is 1. The summed E-state index contributed by atoms with van der Waals surface area (Å²) in [4.78, 5) is 12.1. The van der Waals surface area contributed by atoms with E-state index in [1.165, 1.54) is 36.1 Å². The number of hydrogen-bond acceptors (Lipinski definition) is 1. The van der Waals surface area contributed by atoms with Gasteiger partial charge in [-0.3, -0.25) is 0 Å². The molecule has 4 heteroatoms. The number of carbonyl (C=O) groups is 1. The Morgan fingerprint density at radius 1 is 1.04 bits per heavy atom. The Balaban J connectivity index is 1.63. The number of amides is 2.